The molecule has 0 aliphatic carbocycles. The summed E-state index contributed by atoms with van der Waals surface area (Å²) in [4.78, 5) is 22.9. The molecule has 0 aliphatic heterocycles. The van der Waals surface area contributed by atoms with Crippen LogP contribution in [0.4, 0.5) is 0 Å². The average Bonchev–Trinajstić information content (AvgIpc) is 3.13. The van der Waals surface area contributed by atoms with Crippen molar-refractivity contribution < 1.29 is 37.3 Å². The maximum atomic E-state index is 12.7. The molecule has 0 aromatic carbocycles. The lowest BCUT2D eigenvalue weighted by Crippen LogP contribution is -2.37. The van der Waals surface area contributed by atoms with E-state index in [1.165, 1.54) is 148 Å². The Bertz CT molecular complexity index is 936. The van der Waals surface area contributed by atoms with Gasteiger partial charge in [-0.2, -0.15) is 0 Å². The number of carbonyl (C=O) groups excluding carboxylic acids is 1. The highest BCUT2D eigenvalue weighted by Gasteiger charge is 2.26. The fraction of sp³-hybridized carbons (Fsp3) is 0.891. The number of allylic oxidation sites excluding steroid dienone is 4. The van der Waals surface area contributed by atoms with Gasteiger partial charge in [-0.05, 0) is 44.9 Å². The van der Waals surface area contributed by atoms with Crippen LogP contribution in [0.3, 0.4) is 0 Å². The zero-order valence-electron chi connectivity index (χ0n) is 36.9. The molecule has 0 saturated heterocycles. The molecule has 55 heavy (non-hydrogen) atoms. The number of phosphoric ester groups is 1. The maximum absolute atomic E-state index is 12.7. The zero-order valence-corrected chi connectivity index (χ0v) is 37.8. The topological polar surface area (TPSA) is 91.3 Å². The third kappa shape index (κ3) is 43.9. The van der Waals surface area contributed by atoms with Crippen LogP contribution in [0, 0.1) is 0 Å². The van der Waals surface area contributed by atoms with Gasteiger partial charge in [-0.1, -0.05) is 179 Å². The first-order valence-corrected chi connectivity index (χ1v) is 24.6. The van der Waals surface area contributed by atoms with E-state index in [1.54, 1.807) is 0 Å². The third-order valence-electron chi connectivity index (χ3n) is 10.0. The van der Waals surface area contributed by atoms with Crippen molar-refractivity contribution in [2.24, 2.45) is 0 Å². The second-order valence-corrected chi connectivity index (χ2v) is 18.2. The van der Waals surface area contributed by atoms with Gasteiger partial charge in [-0.25, -0.2) is 4.57 Å². The summed E-state index contributed by atoms with van der Waals surface area (Å²) in [7, 11) is 1.67. The Labute approximate surface area is 341 Å². The lowest BCUT2D eigenvalue weighted by Gasteiger charge is -2.24. The van der Waals surface area contributed by atoms with Crippen LogP contribution in [-0.2, 0) is 27.9 Å². The summed E-state index contributed by atoms with van der Waals surface area (Å²) >= 11 is 0. The molecular formula is C46H91NO7P+. The number of hydrogen-bond acceptors (Lipinski definition) is 6. The van der Waals surface area contributed by atoms with E-state index < -0.39 is 13.9 Å². The smallest absolute Gasteiger partial charge is 0.457 e. The first kappa shape index (κ1) is 54.0. The zero-order chi connectivity index (χ0) is 40.6. The minimum absolute atomic E-state index is 0.0898. The monoisotopic (exact) mass is 801 g/mol. The predicted octanol–water partition coefficient (Wildman–Crippen LogP) is 13.6. The Morgan fingerprint density at radius 3 is 1.51 bits per heavy atom. The van der Waals surface area contributed by atoms with Crippen molar-refractivity contribution in [3.05, 3.63) is 24.3 Å². The largest absolute Gasteiger partial charge is 0.472 e. The van der Waals surface area contributed by atoms with Gasteiger partial charge in [0.25, 0.3) is 0 Å². The van der Waals surface area contributed by atoms with Crippen LogP contribution in [0.2, 0.25) is 0 Å². The SMILES string of the molecule is CCCCC/C=C\C/C=C\CCCCCCCCCCCC(=O)OC(COCCCCCCCCCCCCCCCC)COP(=O)(O)OCC[N+](C)(C)C. The molecule has 0 radical (unpaired) electrons. The summed E-state index contributed by atoms with van der Waals surface area (Å²) in [5.74, 6) is -0.315. The number of rotatable bonds is 43. The average molecular weight is 801 g/mol. The molecule has 0 bridgehead atoms. The minimum atomic E-state index is -4.27. The van der Waals surface area contributed by atoms with Crippen molar-refractivity contribution in [2.45, 2.75) is 213 Å². The van der Waals surface area contributed by atoms with Gasteiger partial charge in [-0.15, -0.1) is 0 Å². The first-order chi connectivity index (χ1) is 26.6. The molecule has 326 valence electrons. The van der Waals surface area contributed by atoms with Crippen LogP contribution in [0.15, 0.2) is 24.3 Å². The molecule has 0 saturated carbocycles. The summed E-state index contributed by atoms with van der Waals surface area (Å²) in [5.41, 5.74) is 0. The van der Waals surface area contributed by atoms with Crippen molar-refractivity contribution in [3.63, 3.8) is 0 Å². The van der Waals surface area contributed by atoms with Crippen LogP contribution in [-0.4, -0.2) is 75.6 Å². The number of phosphoric acid groups is 1. The van der Waals surface area contributed by atoms with Gasteiger partial charge in [0.1, 0.15) is 19.3 Å². The second-order valence-electron chi connectivity index (χ2n) is 16.8. The first-order valence-electron chi connectivity index (χ1n) is 23.1. The molecule has 0 fully saturated rings. The lowest BCUT2D eigenvalue weighted by atomic mass is 10.0. The molecule has 0 aromatic heterocycles. The number of carbonyl (C=O) groups is 1. The molecule has 0 aromatic rings. The van der Waals surface area contributed by atoms with E-state index >= 15 is 0 Å². The molecule has 9 heteroatoms. The van der Waals surface area contributed by atoms with Crippen molar-refractivity contribution in [2.75, 3.05) is 54.1 Å². The number of nitrogens with zero attached hydrogens (tertiary/aromatic N) is 1. The van der Waals surface area contributed by atoms with Crippen LogP contribution >= 0.6 is 7.82 Å². The molecule has 0 heterocycles. The van der Waals surface area contributed by atoms with Crippen molar-refractivity contribution in [1.82, 2.24) is 0 Å². The van der Waals surface area contributed by atoms with E-state index in [4.69, 9.17) is 18.5 Å². The van der Waals surface area contributed by atoms with Crippen LogP contribution in [0.1, 0.15) is 206 Å². The summed E-state index contributed by atoms with van der Waals surface area (Å²) < 4.78 is 35.0. The Morgan fingerprint density at radius 2 is 1.00 bits per heavy atom. The number of unbranched alkanes of at least 4 members (excludes halogenated alkanes) is 25. The van der Waals surface area contributed by atoms with Gasteiger partial charge in [0.2, 0.25) is 0 Å². The highest BCUT2D eigenvalue weighted by Crippen LogP contribution is 2.43. The van der Waals surface area contributed by atoms with Crippen LogP contribution in [0.25, 0.3) is 0 Å². The van der Waals surface area contributed by atoms with E-state index in [2.05, 4.69) is 38.2 Å². The number of hydrogen-bond donors (Lipinski definition) is 1. The van der Waals surface area contributed by atoms with Gasteiger partial charge >= 0.3 is 13.8 Å². The Kier molecular flexibility index (Phi) is 39.1. The third-order valence-corrected chi connectivity index (χ3v) is 11.0. The summed E-state index contributed by atoms with van der Waals surface area (Å²) in [6.45, 7) is 5.63. The van der Waals surface area contributed by atoms with Crippen LogP contribution < -0.4 is 0 Å². The highest BCUT2D eigenvalue weighted by molar-refractivity contribution is 7.47. The van der Waals surface area contributed by atoms with E-state index in [0.717, 1.165) is 38.5 Å². The van der Waals surface area contributed by atoms with Gasteiger partial charge in [0, 0.05) is 13.0 Å². The van der Waals surface area contributed by atoms with Gasteiger partial charge in [0.05, 0.1) is 34.4 Å². The molecule has 0 aliphatic rings. The van der Waals surface area contributed by atoms with Gasteiger partial charge in [-0.3, -0.25) is 13.8 Å². The molecule has 1 N–H and O–H groups in total. The van der Waals surface area contributed by atoms with Crippen molar-refractivity contribution >= 4 is 13.8 Å². The van der Waals surface area contributed by atoms with E-state index in [9.17, 15) is 14.3 Å². The van der Waals surface area contributed by atoms with E-state index in [-0.39, 0.29) is 25.8 Å². The molecule has 0 spiro atoms. The number of likely N-dealkylation sites (N-methyl/N-ethyl adjacent to an activating group) is 1. The van der Waals surface area contributed by atoms with Gasteiger partial charge in [0.15, 0.2) is 0 Å². The minimum Gasteiger partial charge on any atom is -0.457 e. The fourth-order valence-electron chi connectivity index (χ4n) is 6.41. The van der Waals surface area contributed by atoms with Gasteiger partial charge < -0.3 is 18.9 Å². The molecule has 0 rings (SSSR count). The molecule has 2 atom stereocenters. The quantitative estimate of drug-likeness (QED) is 0.0216. The highest BCUT2D eigenvalue weighted by atomic mass is 31.2. The number of quaternary nitrogens is 1. The number of esters is 1. The fourth-order valence-corrected chi connectivity index (χ4v) is 7.15. The normalized spacial score (nSPS) is 13.9. The Balaban J connectivity index is 4.18. The Hall–Kier alpha value is -1.02. The lowest BCUT2D eigenvalue weighted by molar-refractivity contribution is -0.870. The Morgan fingerprint density at radius 1 is 0.564 bits per heavy atom. The summed E-state index contributed by atoms with van der Waals surface area (Å²) in [5, 5.41) is 0. The molecule has 2 unspecified atom stereocenters. The van der Waals surface area contributed by atoms with Crippen molar-refractivity contribution in [3.8, 4) is 0 Å². The summed E-state index contributed by atoms with van der Waals surface area (Å²) in [6.07, 6.45) is 44.9. The molecule has 0 amide bonds. The number of ether oxygens (including phenoxy) is 2. The maximum Gasteiger partial charge on any atom is 0.472 e. The van der Waals surface area contributed by atoms with Crippen LogP contribution in [0.5, 0.6) is 0 Å². The second kappa shape index (κ2) is 39.8. The van der Waals surface area contributed by atoms with Crippen molar-refractivity contribution in [1.29, 1.82) is 0 Å². The predicted molar refractivity (Wildman–Crippen MR) is 233 cm³/mol. The summed E-state index contributed by atoms with van der Waals surface area (Å²) in [6, 6.07) is 0. The standard InChI is InChI=1S/C46H90NO7P/c1-6-8-10-12-14-16-18-20-22-23-24-25-26-27-29-31-33-35-37-39-46(48)54-45(44-53-55(49,50)52-42-40-47(3,4)5)43-51-41-38-36-34-32-30-28-21-19-17-15-13-11-9-7-2/h14,16,20,22,45H,6-13,15,17-19,21,23-44H2,1-5H3/p+1/b16-14-,22-20-. The van der Waals surface area contributed by atoms with E-state index in [1.807, 2.05) is 21.1 Å². The van der Waals surface area contributed by atoms with E-state index in [0.29, 0.717) is 24.1 Å². The molecular weight excluding hydrogens is 709 g/mol. The molecule has 8 nitrogen and oxygen atoms in total.